The van der Waals surface area contributed by atoms with Gasteiger partial charge in [-0.25, -0.2) is 0 Å². The van der Waals surface area contributed by atoms with Gasteiger partial charge in [-0.15, -0.1) is 0 Å². The van der Waals surface area contributed by atoms with E-state index in [1.807, 2.05) is 0 Å². The highest BCUT2D eigenvalue weighted by atomic mass is 32.2. The van der Waals surface area contributed by atoms with Crippen LogP contribution in [0, 0.1) is 0 Å². The Balaban J connectivity index is 0. The van der Waals surface area contributed by atoms with Crippen LogP contribution in [0.15, 0.2) is 0 Å². The van der Waals surface area contributed by atoms with Crippen molar-refractivity contribution >= 4 is 10.1 Å². The summed E-state index contributed by atoms with van der Waals surface area (Å²) in [5.41, 5.74) is 0. The maximum Gasteiger partial charge on any atom is 0.264 e. The van der Waals surface area contributed by atoms with Crippen molar-refractivity contribution < 1.29 is 13.0 Å². The van der Waals surface area contributed by atoms with Crippen molar-refractivity contribution in [2.24, 2.45) is 0 Å². The van der Waals surface area contributed by atoms with Gasteiger partial charge in [0.2, 0.25) is 0 Å². The zero-order valence-electron chi connectivity index (χ0n) is 15.3. The molecule has 0 aromatic carbocycles. The van der Waals surface area contributed by atoms with E-state index in [0.29, 0.717) is 6.42 Å². The fourth-order valence-corrected chi connectivity index (χ4v) is 2.84. The third-order valence-corrected chi connectivity index (χ3v) is 4.52. The molecular formula is C18H40O3S. The van der Waals surface area contributed by atoms with Gasteiger partial charge in [-0.05, 0) is 6.42 Å². The molecule has 4 heteroatoms. The van der Waals surface area contributed by atoms with Crippen LogP contribution < -0.4 is 0 Å². The van der Waals surface area contributed by atoms with Gasteiger partial charge >= 0.3 is 0 Å². The standard InChI is InChI=1S/C10H22O3S.C8H18/c1-2-3-4-5-6-7-8-9-10-14(11,12)13;1-3-5-7-8-6-4-2/h2-10H2,1H3,(H,11,12,13);3-8H2,1-2H3. The molecule has 0 heterocycles. The first-order valence-electron chi connectivity index (χ1n) is 9.43. The molecule has 0 aliphatic rings. The molecule has 22 heavy (non-hydrogen) atoms. The molecule has 0 radical (unpaired) electrons. The van der Waals surface area contributed by atoms with Crippen molar-refractivity contribution in [3.05, 3.63) is 0 Å². The van der Waals surface area contributed by atoms with Crippen molar-refractivity contribution in [3.63, 3.8) is 0 Å². The van der Waals surface area contributed by atoms with Gasteiger partial charge in [0.25, 0.3) is 10.1 Å². The molecule has 0 saturated carbocycles. The van der Waals surface area contributed by atoms with Crippen LogP contribution >= 0.6 is 0 Å². The van der Waals surface area contributed by atoms with E-state index >= 15 is 0 Å². The average molecular weight is 337 g/mol. The number of hydrogen-bond donors (Lipinski definition) is 1. The molecule has 136 valence electrons. The monoisotopic (exact) mass is 336 g/mol. The van der Waals surface area contributed by atoms with Crippen molar-refractivity contribution in [1.29, 1.82) is 0 Å². The highest BCUT2D eigenvalue weighted by molar-refractivity contribution is 7.85. The van der Waals surface area contributed by atoms with E-state index in [-0.39, 0.29) is 5.75 Å². The van der Waals surface area contributed by atoms with Crippen LogP contribution in [0.3, 0.4) is 0 Å². The quantitative estimate of drug-likeness (QED) is 0.296. The third-order valence-electron chi connectivity index (χ3n) is 3.71. The van der Waals surface area contributed by atoms with E-state index < -0.39 is 10.1 Å². The summed E-state index contributed by atoms with van der Waals surface area (Å²) in [5.74, 6) is -0.0814. The van der Waals surface area contributed by atoms with Gasteiger partial charge < -0.3 is 0 Å². The first kappa shape index (κ1) is 24.2. The Kier molecular flexibility index (Phi) is 20.8. The van der Waals surface area contributed by atoms with Crippen LogP contribution in [0.4, 0.5) is 0 Å². The summed E-state index contributed by atoms with van der Waals surface area (Å²) in [5, 5.41) is 0. The first-order valence-corrected chi connectivity index (χ1v) is 11.0. The molecule has 0 aliphatic carbocycles. The molecule has 3 nitrogen and oxygen atoms in total. The second kappa shape index (κ2) is 19.0. The lowest BCUT2D eigenvalue weighted by Crippen LogP contribution is -2.03. The van der Waals surface area contributed by atoms with E-state index in [4.69, 9.17) is 4.55 Å². The Morgan fingerprint density at radius 1 is 0.545 bits per heavy atom. The molecule has 0 aromatic rings. The predicted octanol–water partition coefficient (Wildman–Crippen LogP) is 6.38. The van der Waals surface area contributed by atoms with Crippen LogP contribution in [-0.4, -0.2) is 18.7 Å². The molecular weight excluding hydrogens is 296 g/mol. The molecule has 0 bridgehead atoms. The van der Waals surface area contributed by atoms with Gasteiger partial charge in [0.05, 0.1) is 5.75 Å². The maximum absolute atomic E-state index is 10.4. The largest absolute Gasteiger partial charge is 0.286 e. The fourth-order valence-electron chi connectivity index (χ4n) is 2.27. The average Bonchev–Trinajstić information content (AvgIpc) is 2.46. The summed E-state index contributed by atoms with van der Waals surface area (Å²) in [7, 11) is -3.73. The Hall–Kier alpha value is -0.0900. The Morgan fingerprint density at radius 3 is 1.09 bits per heavy atom. The first-order chi connectivity index (χ1) is 10.5. The predicted molar refractivity (Wildman–Crippen MR) is 98.1 cm³/mol. The minimum absolute atomic E-state index is 0.0814. The van der Waals surface area contributed by atoms with Gasteiger partial charge in [-0.2, -0.15) is 8.42 Å². The summed E-state index contributed by atoms with van der Waals surface area (Å²) in [4.78, 5) is 0. The van der Waals surface area contributed by atoms with E-state index in [1.165, 1.54) is 70.6 Å². The topological polar surface area (TPSA) is 54.4 Å². The summed E-state index contributed by atoms with van der Waals surface area (Å²) < 4.78 is 29.2. The van der Waals surface area contributed by atoms with Crippen LogP contribution in [0.1, 0.15) is 111 Å². The zero-order valence-corrected chi connectivity index (χ0v) is 16.1. The molecule has 0 rings (SSSR count). The molecule has 0 unspecified atom stereocenters. The van der Waals surface area contributed by atoms with Gasteiger partial charge in [-0.1, -0.05) is 104 Å². The van der Waals surface area contributed by atoms with Crippen LogP contribution in [0.2, 0.25) is 0 Å². The highest BCUT2D eigenvalue weighted by Gasteiger charge is 2.02. The lowest BCUT2D eigenvalue weighted by atomic mass is 10.1. The Morgan fingerprint density at radius 2 is 0.818 bits per heavy atom. The van der Waals surface area contributed by atoms with Crippen molar-refractivity contribution in [2.45, 2.75) is 111 Å². The van der Waals surface area contributed by atoms with Crippen LogP contribution in [-0.2, 0) is 10.1 Å². The van der Waals surface area contributed by atoms with Crippen LogP contribution in [0.5, 0.6) is 0 Å². The Bertz CT molecular complexity index is 281. The van der Waals surface area contributed by atoms with Crippen LogP contribution in [0.25, 0.3) is 0 Å². The summed E-state index contributed by atoms with van der Waals surface area (Å²) in [6.07, 6.45) is 17.3. The molecule has 0 atom stereocenters. The van der Waals surface area contributed by atoms with Gasteiger partial charge in [-0.3, -0.25) is 4.55 Å². The van der Waals surface area contributed by atoms with Gasteiger partial charge in [0.1, 0.15) is 0 Å². The van der Waals surface area contributed by atoms with E-state index in [2.05, 4.69) is 20.8 Å². The fraction of sp³-hybridized carbons (Fsp3) is 1.00. The number of hydrogen-bond acceptors (Lipinski definition) is 2. The van der Waals surface area contributed by atoms with Crippen molar-refractivity contribution in [3.8, 4) is 0 Å². The van der Waals surface area contributed by atoms with E-state index in [1.54, 1.807) is 0 Å². The molecule has 0 spiro atoms. The normalized spacial score (nSPS) is 11.1. The maximum atomic E-state index is 10.4. The SMILES string of the molecule is CCCCCCCC.CCCCCCCCCCS(=O)(=O)O. The molecule has 0 aliphatic heterocycles. The molecule has 0 saturated heterocycles. The van der Waals surface area contributed by atoms with E-state index in [0.717, 1.165) is 12.8 Å². The smallest absolute Gasteiger partial charge is 0.264 e. The van der Waals surface area contributed by atoms with Gasteiger partial charge in [0.15, 0.2) is 0 Å². The second-order valence-electron chi connectivity index (χ2n) is 6.18. The second-order valence-corrected chi connectivity index (χ2v) is 7.75. The number of rotatable bonds is 14. The van der Waals surface area contributed by atoms with Crippen molar-refractivity contribution in [1.82, 2.24) is 0 Å². The third kappa shape index (κ3) is 28.1. The van der Waals surface area contributed by atoms with E-state index in [9.17, 15) is 8.42 Å². The summed E-state index contributed by atoms with van der Waals surface area (Å²) in [6.45, 7) is 6.70. The summed E-state index contributed by atoms with van der Waals surface area (Å²) in [6, 6.07) is 0. The zero-order chi connectivity index (χ0) is 17.1. The molecule has 0 amide bonds. The highest BCUT2D eigenvalue weighted by Crippen LogP contribution is 2.08. The molecule has 1 N–H and O–H groups in total. The molecule has 0 fully saturated rings. The van der Waals surface area contributed by atoms with Gasteiger partial charge in [0, 0.05) is 0 Å². The lowest BCUT2D eigenvalue weighted by Gasteiger charge is -2.00. The molecule has 0 aromatic heterocycles. The summed E-state index contributed by atoms with van der Waals surface area (Å²) >= 11 is 0. The lowest BCUT2D eigenvalue weighted by molar-refractivity contribution is 0.478. The number of unbranched alkanes of at least 4 members (excludes halogenated alkanes) is 12. The minimum atomic E-state index is -3.73. The minimum Gasteiger partial charge on any atom is -0.286 e. The van der Waals surface area contributed by atoms with Crippen molar-refractivity contribution in [2.75, 3.05) is 5.75 Å². The Labute approximate surface area is 140 Å².